The van der Waals surface area contributed by atoms with Gasteiger partial charge in [0.1, 0.15) is 12.4 Å². The van der Waals surface area contributed by atoms with Crippen LogP contribution in [0.25, 0.3) is 11.1 Å². The Labute approximate surface area is 318 Å². The SMILES string of the molecule is CC(=O)CN(CCNC(=O)OCC1c2ccccc2-c2ccccc21)C(=O)CNC(c1ccccc1)(c1ccccc1)c1ccccc1.S=PP=S. The lowest BCUT2D eigenvalue weighted by Crippen LogP contribution is -2.51. The summed E-state index contributed by atoms with van der Waals surface area (Å²) in [6.07, 6.45) is -0.568. The van der Waals surface area contributed by atoms with Gasteiger partial charge in [-0.1, -0.05) is 140 Å². The zero-order valence-corrected chi connectivity index (χ0v) is 32.1. The highest BCUT2D eigenvalue weighted by molar-refractivity contribution is 8.40. The number of hydrogen-bond acceptors (Lipinski definition) is 7. The fourth-order valence-electron chi connectivity index (χ4n) is 6.69. The molecular formula is C41H39N3O4P2S2. The van der Waals surface area contributed by atoms with Gasteiger partial charge in [0.15, 0.2) is 0 Å². The van der Waals surface area contributed by atoms with Gasteiger partial charge in [0.05, 0.1) is 18.6 Å². The van der Waals surface area contributed by atoms with Gasteiger partial charge >= 0.3 is 6.09 Å². The molecule has 264 valence electrons. The van der Waals surface area contributed by atoms with Crippen LogP contribution in [-0.4, -0.2) is 55.5 Å². The molecular weight excluding hydrogens is 725 g/mol. The highest BCUT2D eigenvalue weighted by Gasteiger charge is 2.37. The first-order valence-corrected chi connectivity index (χ1v) is 21.3. The van der Waals surface area contributed by atoms with E-state index in [4.69, 9.17) is 4.74 Å². The zero-order chi connectivity index (χ0) is 36.8. The van der Waals surface area contributed by atoms with E-state index in [0.29, 0.717) is 0 Å². The van der Waals surface area contributed by atoms with Gasteiger partial charge in [0, 0.05) is 33.1 Å². The summed E-state index contributed by atoms with van der Waals surface area (Å²) in [5, 5.41) is 6.36. The highest BCUT2D eigenvalue weighted by Crippen LogP contribution is 2.44. The normalized spacial score (nSPS) is 11.9. The summed E-state index contributed by atoms with van der Waals surface area (Å²) in [6, 6.07) is 46.4. The largest absolute Gasteiger partial charge is 0.449 e. The first-order chi connectivity index (χ1) is 25.4. The molecule has 1 aliphatic rings. The molecule has 2 N–H and O–H groups in total. The number of carbonyl (C=O) groups is 3. The third-order valence-electron chi connectivity index (χ3n) is 8.92. The molecule has 7 nitrogen and oxygen atoms in total. The second-order valence-corrected chi connectivity index (χ2v) is 16.4. The molecule has 52 heavy (non-hydrogen) atoms. The van der Waals surface area contributed by atoms with E-state index in [2.05, 4.69) is 58.5 Å². The molecule has 5 aromatic rings. The van der Waals surface area contributed by atoms with E-state index in [9.17, 15) is 14.4 Å². The molecule has 0 spiro atoms. The van der Waals surface area contributed by atoms with E-state index in [1.54, 1.807) is 0 Å². The Bertz CT molecular complexity index is 1840. The van der Waals surface area contributed by atoms with Crippen LogP contribution in [0.2, 0.25) is 0 Å². The molecule has 2 amide bonds. The number of Topliss-reactive ketones (excluding diaryl/α,β-unsaturated/α-hetero) is 1. The van der Waals surface area contributed by atoms with Crippen molar-refractivity contribution in [2.45, 2.75) is 18.4 Å². The molecule has 11 heteroatoms. The molecule has 6 rings (SSSR count). The summed E-state index contributed by atoms with van der Waals surface area (Å²) in [7, 11) is 1.74. The summed E-state index contributed by atoms with van der Waals surface area (Å²) in [5.41, 5.74) is 6.68. The Balaban J connectivity index is 0.00000124. The van der Waals surface area contributed by atoms with Crippen molar-refractivity contribution in [2.75, 3.05) is 32.8 Å². The molecule has 0 saturated carbocycles. The van der Waals surface area contributed by atoms with Gasteiger partial charge in [-0.15, -0.1) is 0 Å². The minimum absolute atomic E-state index is 0.0447. The Morgan fingerprint density at radius 3 is 1.58 bits per heavy atom. The van der Waals surface area contributed by atoms with Gasteiger partial charge in [-0.05, 0) is 69.5 Å². The monoisotopic (exact) mass is 763 g/mol. The van der Waals surface area contributed by atoms with Crippen LogP contribution in [0.4, 0.5) is 4.79 Å². The molecule has 0 radical (unpaired) electrons. The maximum absolute atomic E-state index is 13.8. The van der Waals surface area contributed by atoms with Crippen molar-refractivity contribution in [1.82, 2.24) is 15.5 Å². The first-order valence-electron chi connectivity index (χ1n) is 16.8. The number of hydrogen-bond donors (Lipinski definition) is 2. The number of amides is 2. The highest BCUT2D eigenvalue weighted by atomic mass is 32.7. The smallest absolute Gasteiger partial charge is 0.407 e. The Morgan fingerprint density at radius 1 is 0.692 bits per heavy atom. The lowest BCUT2D eigenvalue weighted by molar-refractivity contribution is -0.134. The van der Waals surface area contributed by atoms with E-state index in [1.807, 2.05) is 115 Å². The maximum Gasteiger partial charge on any atom is 0.407 e. The van der Waals surface area contributed by atoms with Crippen LogP contribution in [0.15, 0.2) is 140 Å². The first kappa shape index (κ1) is 38.7. The summed E-state index contributed by atoms with van der Waals surface area (Å²) in [5.74, 6) is -0.458. The summed E-state index contributed by atoms with van der Waals surface area (Å²) in [4.78, 5) is 40.3. The van der Waals surface area contributed by atoms with E-state index in [0.717, 1.165) is 53.0 Å². The van der Waals surface area contributed by atoms with Crippen LogP contribution in [0.1, 0.15) is 40.7 Å². The van der Waals surface area contributed by atoms with Crippen molar-refractivity contribution < 1.29 is 19.1 Å². The van der Waals surface area contributed by atoms with Crippen LogP contribution in [0.3, 0.4) is 0 Å². The number of nitrogens with zero attached hydrogens (tertiary/aromatic N) is 1. The predicted molar refractivity (Wildman–Crippen MR) is 216 cm³/mol. The molecule has 0 aliphatic heterocycles. The van der Waals surface area contributed by atoms with Gasteiger partial charge in [-0.2, -0.15) is 0 Å². The lowest BCUT2D eigenvalue weighted by Gasteiger charge is -2.37. The fourth-order valence-corrected chi connectivity index (χ4v) is 6.69. The van der Waals surface area contributed by atoms with Crippen molar-refractivity contribution in [3.8, 4) is 11.1 Å². The minimum Gasteiger partial charge on any atom is -0.449 e. The molecule has 5 aromatic carbocycles. The maximum atomic E-state index is 13.8. The number of carbonyl (C=O) groups excluding carboxylic acids is 3. The second kappa shape index (κ2) is 19.4. The standard InChI is InChI=1S/C41H39N3O4.P2S2/c1-30(45)28-44(26-25-42-40(47)48-29-38-36-23-13-11-21-34(36)35-22-12-14-24-37(35)38)39(46)27-43-41(31-15-5-2-6-16-31,32-17-7-3-8-18-32)33-19-9-4-10-20-33;3-1-2-4/h2-24,38,43H,25-29H2,1H3,(H,42,47);. The molecule has 1 aliphatic carbocycles. The topological polar surface area (TPSA) is 87.7 Å². The van der Waals surface area contributed by atoms with Crippen LogP contribution in [0.5, 0.6) is 0 Å². The average molecular weight is 764 g/mol. The van der Waals surface area contributed by atoms with Gasteiger partial charge in [-0.3, -0.25) is 14.9 Å². The molecule has 0 aromatic heterocycles. The van der Waals surface area contributed by atoms with E-state index in [-0.39, 0.29) is 50.4 Å². The quantitative estimate of drug-likeness (QED) is 0.0871. The molecule has 0 heterocycles. The molecule has 0 saturated heterocycles. The van der Waals surface area contributed by atoms with Crippen molar-refractivity contribution >= 4 is 55.5 Å². The number of alkyl carbamates (subject to hydrolysis) is 1. The van der Waals surface area contributed by atoms with E-state index in [1.165, 1.54) is 11.8 Å². The third-order valence-corrected chi connectivity index (χ3v) is 11.6. The van der Waals surface area contributed by atoms with E-state index < -0.39 is 11.6 Å². The zero-order valence-electron chi connectivity index (χ0n) is 28.7. The van der Waals surface area contributed by atoms with Crippen LogP contribution >= 0.6 is 14.1 Å². The van der Waals surface area contributed by atoms with Gasteiger partial charge in [0.25, 0.3) is 0 Å². The van der Waals surface area contributed by atoms with Crippen LogP contribution in [0, 0.1) is 0 Å². The number of ether oxygens (including phenoxy) is 1. The van der Waals surface area contributed by atoms with E-state index >= 15 is 0 Å². The molecule has 0 bridgehead atoms. The number of benzene rings is 5. The number of ketones is 1. The van der Waals surface area contributed by atoms with Gasteiger partial charge < -0.3 is 15.0 Å². The predicted octanol–water partition coefficient (Wildman–Crippen LogP) is 8.24. The average Bonchev–Trinajstić information content (AvgIpc) is 3.51. The van der Waals surface area contributed by atoms with Gasteiger partial charge in [0.2, 0.25) is 5.91 Å². The second-order valence-electron chi connectivity index (χ2n) is 12.1. The number of nitrogens with one attached hydrogen (secondary N) is 2. The number of fused-ring (bicyclic) bond motifs is 3. The minimum atomic E-state index is -0.832. The van der Waals surface area contributed by atoms with Gasteiger partial charge in [-0.25, -0.2) is 4.79 Å². The fraction of sp³-hybridized carbons (Fsp3) is 0.195. The Hall–Kier alpha value is -4.49. The molecule has 0 unspecified atom stereocenters. The summed E-state index contributed by atoms with van der Waals surface area (Å²) in [6.45, 7) is 1.82. The third kappa shape index (κ3) is 9.48. The summed E-state index contributed by atoms with van der Waals surface area (Å²) >= 11 is 8.82. The summed E-state index contributed by atoms with van der Waals surface area (Å²) < 4.78 is 5.67. The van der Waals surface area contributed by atoms with Crippen molar-refractivity contribution in [1.29, 1.82) is 0 Å². The molecule has 0 atom stereocenters. The van der Waals surface area contributed by atoms with Crippen molar-refractivity contribution in [2.24, 2.45) is 0 Å². The van der Waals surface area contributed by atoms with Crippen molar-refractivity contribution in [3.05, 3.63) is 167 Å². The van der Waals surface area contributed by atoms with Crippen LogP contribution in [-0.2, 0) is 43.5 Å². The lowest BCUT2D eigenvalue weighted by atomic mass is 9.77. The molecule has 0 fully saturated rings. The number of rotatable bonds is 14. The Morgan fingerprint density at radius 2 is 1.13 bits per heavy atom. The van der Waals surface area contributed by atoms with Crippen molar-refractivity contribution in [3.63, 3.8) is 0 Å². The van der Waals surface area contributed by atoms with Crippen LogP contribution < -0.4 is 10.6 Å². The Kier molecular flexibility index (Phi) is 14.4.